The first-order valence-corrected chi connectivity index (χ1v) is 7.31. The van der Waals surface area contributed by atoms with E-state index in [1.807, 2.05) is 0 Å². The standard InChI is InChI=1S/C16H23NO/c1-12(10-11-17-14-4-5-14)13-2-6-15(7-3-13)18-16-8-9-16/h2-3,6-7,12,14,16-17H,4-5,8-11H2,1H3. The van der Waals surface area contributed by atoms with Crippen molar-refractivity contribution in [2.24, 2.45) is 0 Å². The molecule has 18 heavy (non-hydrogen) atoms. The van der Waals surface area contributed by atoms with E-state index in [2.05, 4.69) is 36.5 Å². The first-order valence-electron chi connectivity index (χ1n) is 7.31. The number of ether oxygens (including phenoxy) is 1. The molecular weight excluding hydrogens is 222 g/mol. The molecular formula is C16H23NO. The van der Waals surface area contributed by atoms with Gasteiger partial charge in [0.2, 0.25) is 0 Å². The van der Waals surface area contributed by atoms with Gasteiger partial charge in [-0.3, -0.25) is 0 Å². The lowest BCUT2D eigenvalue weighted by Gasteiger charge is -2.13. The van der Waals surface area contributed by atoms with Crippen LogP contribution in [0.4, 0.5) is 0 Å². The molecule has 2 nitrogen and oxygen atoms in total. The third-order valence-electron chi connectivity index (χ3n) is 3.86. The predicted octanol–water partition coefficient (Wildman–Crippen LogP) is 3.47. The number of rotatable bonds is 7. The summed E-state index contributed by atoms with van der Waals surface area (Å²) in [5, 5.41) is 3.58. The summed E-state index contributed by atoms with van der Waals surface area (Å²) in [6, 6.07) is 9.52. The number of benzene rings is 1. The average molecular weight is 245 g/mol. The van der Waals surface area contributed by atoms with Crippen LogP contribution in [-0.2, 0) is 0 Å². The van der Waals surface area contributed by atoms with Gasteiger partial charge in [-0.25, -0.2) is 0 Å². The van der Waals surface area contributed by atoms with E-state index in [9.17, 15) is 0 Å². The Morgan fingerprint density at radius 2 is 1.89 bits per heavy atom. The third-order valence-corrected chi connectivity index (χ3v) is 3.86. The summed E-state index contributed by atoms with van der Waals surface area (Å²) < 4.78 is 5.77. The molecule has 0 bridgehead atoms. The zero-order valence-corrected chi connectivity index (χ0v) is 11.2. The van der Waals surface area contributed by atoms with Crippen molar-refractivity contribution >= 4 is 0 Å². The second kappa shape index (κ2) is 5.31. The second-order valence-corrected chi connectivity index (χ2v) is 5.80. The normalized spacial score (nSPS) is 20.7. The van der Waals surface area contributed by atoms with Crippen LogP contribution in [-0.4, -0.2) is 18.7 Å². The van der Waals surface area contributed by atoms with Crippen LogP contribution in [0.15, 0.2) is 24.3 Å². The molecule has 1 atom stereocenters. The van der Waals surface area contributed by atoms with Crippen molar-refractivity contribution in [3.8, 4) is 5.75 Å². The lowest BCUT2D eigenvalue weighted by atomic mass is 9.98. The minimum atomic E-state index is 0.496. The zero-order valence-electron chi connectivity index (χ0n) is 11.2. The molecule has 1 unspecified atom stereocenters. The second-order valence-electron chi connectivity index (χ2n) is 5.80. The van der Waals surface area contributed by atoms with Crippen LogP contribution in [0.25, 0.3) is 0 Å². The molecule has 2 aliphatic rings. The van der Waals surface area contributed by atoms with Gasteiger partial charge in [0.25, 0.3) is 0 Å². The molecule has 0 radical (unpaired) electrons. The molecule has 2 heteroatoms. The van der Waals surface area contributed by atoms with E-state index in [1.165, 1.54) is 37.7 Å². The Morgan fingerprint density at radius 3 is 2.50 bits per heavy atom. The zero-order chi connectivity index (χ0) is 12.4. The smallest absolute Gasteiger partial charge is 0.119 e. The Hall–Kier alpha value is -1.02. The van der Waals surface area contributed by atoms with Crippen molar-refractivity contribution in [3.63, 3.8) is 0 Å². The molecule has 3 rings (SSSR count). The quantitative estimate of drug-likeness (QED) is 0.794. The van der Waals surface area contributed by atoms with E-state index in [1.54, 1.807) is 0 Å². The van der Waals surface area contributed by atoms with Gasteiger partial charge in [0.1, 0.15) is 5.75 Å². The molecule has 2 aliphatic carbocycles. The Balaban J connectivity index is 1.46. The summed E-state index contributed by atoms with van der Waals surface area (Å²) in [5.74, 6) is 1.66. The average Bonchev–Trinajstić information content (AvgIpc) is 3.24. The van der Waals surface area contributed by atoms with Gasteiger partial charge in [0.05, 0.1) is 6.10 Å². The maximum atomic E-state index is 5.77. The van der Waals surface area contributed by atoms with Gasteiger partial charge in [0, 0.05) is 6.04 Å². The molecule has 0 heterocycles. The Bertz CT molecular complexity index is 379. The van der Waals surface area contributed by atoms with Crippen LogP contribution in [0.3, 0.4) is 0 Å². The Morgan fingerprint density at radius 1 is 1.17 bits per heavy atom. The summed E-state index contributed by atoms with van der Waals surface area (Å²) in [7, 11) is 0. The molecule has 1 N–H and O–H groups in total. The van der Waals surface area contributed by atoms with E-state index in [0.717, 1.165) is 18.3 Å². The van der Waals surface area contributed by atoms with Gasteiger partial charge in [0.15, 0.2) is 0 Å². The highest BCUT2D eigenvalue weighted by atomic mass is 16.5. The summed E-state index contributed by atoms with van der Waals surface area (Å²) in [6.45, 7) is 3.46. The molecule has 1 aromatic rings. The van der Waals surface area contributed by atoms with Crippen LogP contribution in [0, 0.1) is 0 Å². The van der Waals surface area contributed by atoms with Crippen LogP contribution >= 0.6 is 0 Å². The van der Waals surface area contributed by atoms with Crippen LogP contribution < -0.4 is 10.1 Å². The van der Waals surface area contributed by atoms with Crippen molar-refractivity contribution in [2.75, 3.05) is 6.54 Å². The number of hydrogen-bond acceptors (Lipinski definition) is 2. The Kier molecular flexibility index (Phi) is 3.55. The number of nitrogens with one attached hydrogen (secondary N) is 1. The minimum absolute atomic E-state index is 0.496. The summed E-state index contributed by atoms with van der Waals surface area (Å²) in [6.07, 6.45) is 6.93. The van der Waals surface area contributed by atoms with Crippen molar-refractivity contribution in [1.82, 2.24) is 5.32 Å². The lowest BCUT2D eigenvalue weighted by Crippen LogP contribution is -2.18. The topological polar surface area (TPSA) is 21.3 Å². The SMILES string of the molecule is CC(CCNC1CC1)c1ccc(OC2CC2)cc1. The minimum Gasteiger partial charge on any atom is -0.490 e. The largest absolute Gasteiger partial charge is 0.490 e. The van der Waals surface area contributed by atoms with E-state index in [-0.39, 0.29) is 0 Å². The molecule has 2 fully saturated rings. The van der Waals surface area contributed by atoms with Gasteiger partial charge in [-0.1, -0.05) is 19.1 Å². The van der Waals surface area contributed by atoms with Crippen molar-refractivity contribution in [3.05, 3.63) is 29.8 Å². The van der Waals surface area contributed by atoms with Gasteiger partial charge in [-0.15, -0.1) is 0 Å². The first kappa shape index (κ1) is 12.0. The highest BCUT2D eigenvalue weighted by molar-refractivity contribution is 5.29. The van der Waals surface area contributed by atoms with Crippen molar-refractivity contribution < 1.29 is 4.74 Å². The van der Waals surface area contributed by atoms with Crippen LogP contribution in [0.2, 0.25) is 0 Å². The van der Waals surface area contributed by atoms with Crippen LogP contribution in [0.5, 0.6) is 5.75 Å². The summed E-state index contributed by atoms with van der Waals surface area (Å²) >= 11 is 0. The molecule has 0 spiro atoms. The van der Waals surface area contributed by atoms with E-state index >= 15 is 0 Å². The highest BCUT2D eigenvalue weighted by Crippen LogP contribution is 2.28. The van der Waals surface area contributed by atoms with Gasteiger partial charge in [-0.2, -0.15) is 0 Å². The summed E-state index contributed by atoms with van der Waals surface area (Å²) in [4.78, 5) is 0. The maximum absolute atomic E-state index is 5.77. The fourth-order valence-electron chi connectivity index (χ4n) is 2.21. The Labute approximate surface area is 110 Å². The molecule has 98 valence electrons. The molecule has 0 saturated heterocycles. The van der Waals surface area contributed by atoms with E-state index in [0.29, 0.717) is 12.0 Å². The fourth-order valence-corrected chi connectivity index (χ4v) is 2.21. The molecule has 0 aromatic heterocycles. The van der Waals surface area contributed by atoms with E-state index < -0.39 is 0 Å². The molecule has 2 saturated carbocycles. The molecule has 0 aliphatic heterocycles. The molecule has 1 aromatic carbocycles. The van der Waals surface area contributed by atoms with Gasteiger partial charge in [-0.05, 0) is 62.3 Å². The monoisotopic (exact) mass is 245 g/mol. The van der Waals surface area contributed by atoms with Crippen molar-refractivity contribution in [1.29, 1.82) is 0 Å². The summed E-state index contributed by atoms with van der Waals surface area (Å²) in [5.41, 5.74) is 1.43. The lowest BCUT2D eigenvalue weighted by molar-refractivity contribution is 0.303. The number of hydrogen-bond donors (Lipinski definition) is 1. The van der Waals surface area contributed by atoms with Crippen LogP contribution in [0.1, 0.15) is 50.5 Å². The van der Waals surface area contributed by atoms with Gasteiger partial charge >= 0.3 is 0 Å². The van der Waals surface area contributed by atoms with E-state index in [4.69, 9.17) is 4.74 Å². The highest BCUT2D eigenvalue weighted by Gasteiger charge is 2.23. The maximum Gasteiger partial charge on any atom is 0.119 e. The van der Waals surface area contributed by atoms with Crippen molar-refractivity contribution in [2.45, 2.75) is 57.1 Å². The first-order chi connectivity index (χ1) is 8.81. The molecule has 0 amide bonds. The third kappa shape index (κ3) is 3.49. The van der Waals surface area contributed by atoms with Gasteiger partial charge < -0.3 is 10.1 Å². The predicted molar refractivity (Wildman–Crippen MR) is 74.1 cm³/mol. The fraction of sp³-hybridized carbons (Fsp3) is 0.625.